The zero-order valence-electron chi connectivity index (χ0n) is 53.9. The third-order valence-electron chi connectivity index (χ3n) is 23.3. The van der Waals surface area contributed by atoms with Crippen LogP contribution in [0.3, 0.4) is 0 Å². The molecule has 0 saturated heterocycles. The Morgan fingerprint density at radius 3 is 1.39 bits per heavy atom. The maximum Gasteiger partial charge on any atom is 0.338 e. The summed E-state index contributed by atoms with van der Waals surface area (Å²) in [7, 11) is 0. The largest absolute Gasteiger partial charge is 0.481 e. The van der Waals surface area contributed by atoms with Crippen LogP contribution in [0.1, 0.15) is 275 Å². The first-order chi connectivity index (χ1) is 41.5. The van der Waals surface area contributed by atoms with Gasteiger partial charge in [-0.3, -0.25) is 9.59 Å². The van der Waals surface area contributed by atoms with Gasteiger partial charge in [-0.05, 0) is 216 Å². The van der Waals surface area contributed by atoms with Gasteiger partial charge in [0.25, 0.3) is 0 Å². The third-order valence-corrected chi connectivity index (χ3v) is 23.3. The number of hydrogen-bond acceptors (Lipinski definition) is 9. The van der Waals surface area contributed by atoms with Crippen molar-refractivity contribution >= 4 is 23.9 Å². The number of hydrogen-bond donors (Lipinski definition) is 0. The van der Waals surface area contributed by atoms with Crippen LogP contribution >= 0.6 is 0 Å². The second-order valence-electron chi connectivity index (χ2n) is 29.2. The number of ether oxygens (including phenoxy) is 5. The molecule has 9 heteroatoms. The molecular formula is C76H118O9. The maximum absolute atomic E-state index is 13.1. The Bertz CT molecular complexity index is 2210. The van der Waals surface area contributed by atoms with Gasteiger partial charge in [-0.1, -0.05) is 168 Å². The second kappa shape index (κ2) is 36.0. The van der Waals surface area contributed by atoms with Crippen LogP contribution in [0, 0.1) is 107 Å². The Labute approximate surface area is 516 Å². The normalized spacial score (nSPS) is 30.4. The van der Waals surface area contributed by atoms with Crippen molar-refractivity contribution in [3.63, 3.8) is 0 Å². The molecule has 85 heavy (non-hydrogen) atoms. The highest BCUT2D eigenvalue weighted by Gasteiger charge is 2.57. The monoisotopic (exact) mass is 1170 g/mol. The van der Waals surface area contributed by atoms with Gasteiger partial charge in [0.15, 0.2) is 0 Å². The molecule has 476 valence electrons. The van der Waals surface area contributed by atoms with Crippen LogP contribution in [0.5, 0.6) is 5.75 Å². The molecule has 14 unspecified atom stereocenters. The minimum absolute atomic E-state index is 0.000590. The van der Waals surface area contributed by atoms with Crippen LogP contribution in [0.25, 0.3) is 0 Å². The van der Waals surface area contributed by atoms with Crippen molar-refractivity contribution in [2.75, 3.05) is 33.0 Å². The summed E-state index contributed by atoms with van der Waals surface area (Å²) in [5.74, 6) is 13.6. The smallest absolute Gasteiger partial charge is 0.338 e. The molecule has 0 spiro atoms. The van der Waals surface area contributed by atoms with E-state index < -0.39 is 0 Å². The van der Waals surface area contributed by atoms with E-state index in [0.29, 0.717) is 103 Å². The number of fused-ring (bicyclic) bond motifs is 10. The Kier molecular flexibility index (Phi) is 28.4. The van der Waals surface area contributed by atoms with Gasteiger partial charge < -0.3 is 23.7 Å². The first-order valence-corrected chi connectivity index (χ1v) is 36.0. The molecule has 8 rings (SSSR count). The van der Waals surface area contributed by atoms with E-state index in [2.05, 4.69) is 26.3 Å². The van der Waals surface area contributed by atoms with Crippen molar-refractivity contribution in [1.82, 2.24) is 0 Å². The van der Waals surface area contributed by atoms with E-state index in [1.165, 1.54) is 186 Å². The Balaban J connectivity index is 0.690. The molecule has 7 saturated carbocycles. The minimum atomic E-state index is -0.284. The molecule has 4 bridgehead atoms. The third kappa shape index (κ3) is 20.4. The Hall–Kier alpha value is -3.80. The number of esters is 4. The average molecular weight is 1180 g/mol. The fraction of sp³-hybridized carbons (Fsp3) is 0.816. The summed E-state index contributed by atoms with van der Waals surface area (Å²) >= 11 is 0. The highest BCUT2D eigenvalue weighted by Crippen LogP contribution is 2.63. The number of carbonyl (C=O) groups is 4. The predicted molar refractivity (Wildman–Crippen MR) is 341 cm³/mol. The van der Waals surface area contributed by atoms with Crippen LogP contribution in [0.2, 0.25) is 0 Å². The number of rotatable bonds is 42. The van der Waals surface area contributed by atoms with Gasteiger partial charge >= 0.3 is 23.9 Å². The van der Waals surface area contributed by atoms with Gasteiger partial charge in [-0.25, -0.2) is 9.59 Å². The summed E-state index contributed by atoms with van der Waals surface area (Å²) < 4.78 is 28.8. The number of terminal acetylenes is 1. The standard InChI is InChI=1S/C76H118O9/c1-6-9-11-13-18-24-30-58-36-35-57(29-23-12-10-7-2)65(31-25-19-14-16-21-27-33-73(77)82-50-55-42-67-61-47-63(53-85-75(79)54(4)5)70(49-61)71(67)44-55)66(58)32-26-20-15-17-22-28-34-74(78)83-52-62-46-60-48-69(62)72-45-56(43-68(60)72)51-84-76(80)59-37-39-64(40-38-59)81-41-8-3/h3,37-40,55-58,60-63,65-72H,4,6-7,9-36,41-53H2,1-2,5H3/t55?,56?,57?,58?,60?,61?,62?,63?,65?,66?,67-,68?,69-,70?,71?,72?/m1/s1. The molecule has 0 radical (unpaired) electrons. The quantitative estimate of drug-likeness (QED) is 0.0207. The summed E-state index contributed by atoms with van der Waals surface area (Å²) in [4.78, 5) is 50.8. The van der Waals surface area contributed by atoms with E-state index >= 15 is 0 Å². The summed E-state index contributed by atoms with van der Waals surface area (Å²) in [5.41, 5.74) is 1.01. The fourth-order valence-electron chi connectivity index (χ4n) is 19.2. The van der Waals surface area contributed by atoms with Crippen LogP contribution in [0.4, 0.5) is 0 Å². The molecule has 0 aliphatic heterocycles. The molecule has 7 aliphatic rings. The number of carbonyl (C=O) groups excluding carboxylic acids is 4. The van der Waals surface area contributed by atoms with Crippen molar-refractivity contribution in [2.24, 2.45) is 94.7 Å². The van der Waals surface area contributed by atoms with Crippen molar-refractivity contribution in [3.05, 3.63) is 42.0 Å². The lowest BCUT2D eigenvalue weighted by molar-refractivity contribution is -0.146. The summed E-state index contributed by atoms with van der Waals surface area (Å²) in [6.07, 6.45) is 52.8. The van der Waals surface area contributed by atoms with Crippen molar-refractivity contribution in [3.8, 4) is 18.1 Å². The van der Waals surface area contributed by atoms with Crippen molar-refractivity contribution in [1.29, 1.82) is 0 Å². The Morgan fingerprint density at radius 1 is 0.471 bits per heavy atom. The fourth-order valence-corrected chi connectivity index (χ4v) is 19.2. The topological polar surface area (TPSA) is 114 Å². The van der Waals surface area contributed by atoms with E-state index in [-0.39, 0.29) is 30.5 Å². The van der Waals surface area contributed by atoms with E-state index in [4.69, 9.17) is 30.1 Å². The van der Waals surface area contributed by atoms with E-state index in [9.17, 15) is 19.2 Å². The van der Waals surface area contributed by atoms with Gasteiger partial charge in [0.1, 0.15) is 12.4 Å². The van der Waals surface area contributed by atoms with Crippen LogP contribution in [0.15, 0.2) is 36.4 Å². The zero-order valence-corrected chi connectivity index (χ0v) is 53.9. The predicted octanol–water partition coefficient (Wildman–Crippen LogP) is 18.9. The molecule has 0 amide bonds. The van der Waals surface area contributed by atoms with Gasteiger partial charge in [0.05, 0.1) is 32.0 Å². The van der Waals surface area contributed by atoms with E-state index in [0.717, 1.165) is 92.3 Å². The lowest BCUT2D eigenvalue weighted by Gasteiger charge is -2.44. The van der Waals surface area contributed by atoms with Crippen molar-refractivity contribution < 1.29 is 42.9 Å². The SMILES string of the molecule is C#CCOc1ccc(C(=O)OCC2CC3C4CC(COC(=O)CCCCCCCCC5C(CCCCCCCC)CCC(CCCCCC)C5CCCCCCCCC(=O)OCC5CC6C7CC(CC7COC(=O)C(=C)C)[C@H]6C5)[C@@H](C4)C3C2)cc1. The molecule has 0 heterocycles. The summed E-state index contributed by atoms with van der Waals surface area (Å²) in [6, 6.07) is 6.99. The zero-order chi connectivity index (χ0) is 59.8. The van der Waals surface area contributed by atoms with E-state index in [1.54, 1.807) is 31.2 Å². The summed E-state index contributed by atoms with van der Waals surface area (Å²) in [6.45, 7) is 12.5. The number of unbranched alkanes of at least 4 members (excludes halogenated alkanes) is 18. The molecule has 0 aromatic heterocycles. The number of benzene rings is 1. The van der Waals surface area contributed by atoms with Crippen molar-refractivity contribution in [2.45, 2.75) is 265 Å². The van der Waals surface area contributed by atoms with Gasteiger partial charge in [0, 0.05) is 18.4 Å². The average Bonchev–Trinajstić information content (AvgIpc) is 1.79. The lowest BCUT2D eigenvalue weighted by atomic mass is 9.61. The highest BCUT2D eigenvalue weighted by molar-refractivity contribution is 5.89. The molecule has 16 atom stereocenters. The maximum atomic E-state index is 13.1. The van der Waals surface area contributed by atoms with Crippen LogP contribution < -0.4 is 4.74 Å². The minimum Gasteiger partial charge on any atom is -0.481 e. The molecule has 0 N–H and O–H groups in total. The molecule has 7 fully saturated rings. The van der Waals surface area contributed by atoms with Gasteiger partial charge in [-0.2, -0.15) is 0 Å². The Morgan fingerprint density at radius 2 is 0.894 bits per heavy atom. The highest BCUT2D eigenvalue weighted by atomic mass is 16.5. The molecule has 9 nitrogen and oxygen atoms in total. The molecule has 7 aliphatic carbocycles. The van der Waals surface area contributed by atoms with Gasteiger partial charge in [-0.15, -0.1) is 6.42 Å². The van der Waals surface area contributed by atoms with Gasteiger partial charge in [0.2, 0.25) is 0 Å². The van der Waals surface area contributed by atoms with E-state index in [1.807, 2.05) is 0 Å². The van der Waals surface area contributed by atoms with Crippen LogP contribution in [-0.4, -0.2) is 56.9 Å². The van der Waals surface area contributed by atoms with Crippen LogP contribution in [-0.2, 0) is 33.3 Å². The molecule has 1 aromatic rings. The first kappa shape index (κ1) is 67.1. The molecule has 1 aromatic carbocycles. The lowest BCUT2D eigenvalue weighted by Crippen LogP contribution is -2.35. The second-order valence-corrected chi connectivity index (χ2v) is 29.2. The first-order valence-electron chi connectivity index (χ1n) is 36.0. The molecular weight excluding hydrogens is 1060 g/mol. The summed E-state index contributed by atoms with van der Waals surface area (Å²) in [5, 5.41) is 0.